The van der Waals surface area contributed by atoms with Gasteiger partial charge in [0.25, 0.3) is 0 Å². The number of aromatic nitrogens is 4. The van der Waals surface area contributed by atoms with Crippen molar-refractivity contribution in [3.05, 3.63) is 54.1 Å². The molecule has 0 bridgehead atoms. The molecule has 3 rings (SSSR count). The predicted octanol–water partition coefficient (Wildman–Crippen LogP) is 3.30. The Morgan fingerprint density at radius 2 is 1.79 bits per heavy atom. The summed E-state index contributed by atoms with van der Waals surface area (Å²) in [5, 5.41) is 22.7. The molecule has 7 heteroatoms. The van der Waals surface area contributed by atoms with Crippen LogP contribution in [0.25, 0.3) is 11.4 Å². The van der Waals surface area contributed by atoms with Crippen molar-refractivity contribution in [3.63, 3.8) is 0 Å². The number of ether oxygens (including phenoxy) is 2. The van der Waals surface area contributed by atoms with Crippen LogP contribution in [0.4, 0.5) is 0 Å². The minimum absolute atomic E-state index is 0.156. The molecule has 1 atom stereocenters. The number of hydrogen-bond acceptors (Lipinski definition) is 6. The summed E-state index contributed by atoms with van der Waals surface area (Å²) in [5.41, 5.74) is 1.96. The third-order valence-electron chi connectivity index (χ3n) is 4.22. The minimum atomic E-state index is -0.748. The third-order valence-corrected chi connectivity index (χ3v) is 4.22. The number of aliphatic hydroxyl groups is 1. The lowest BCUT2D eigenvalue weighted by Crippen LogP contribution is -2.25. The highest BCUT2D eigenvalue weighted by molar-refractivity contribution is 5.55. The highest BCUT2D eigenvalue weighted by Crippen LogP contribution is 2.26. The van der Waals surface area contributed by atoms with Gasteiger partial charge in [0.2, 0.25) is 5.82 Å². The van der Waals surface area contributed by atoms with E-state index in [0.717, 1.165) is 22.6 Å². The summed E-state index contributed by atoms with van der Waals surface area (Å²) in [7, 11) is 0. The van der Waals surface area contributed by atoms with Gasteiger partial charge in [0.15, 0.2) is 0 Å². The Morgan fingerprint density at radius 1 is 1.04 bits per heavy atom. The number of para-hydroxylation sites is 1. The molecule has 0 saturated heterocycles. The van der Waals surface area contributed by atoms with Gasteiger partial charge in [-0.1, -0.05) is 32.0 Å². The van der Waals surface area contributed by atoms with Crippen molar-refractivity contribution in [1.82, 2.24) is 20.2 Å². The Hall–Kier alpha value is -2.93. The van der Waals surface area contributed by atoms with Gasteiger partial charge in [-0.15, -0.1) is 10.2 Å². The first kappa shape index (κ1) is 19.8. The van der Waals surface area contributed by atoms with Gasteiger partial charge in [0.05, 0.1) is 13.2 Å². The van der Waals surface area contributed by atoms with Gasteiger partial charge in [-0.05, 0) is 54.0 Å². The zero-order chi connectivity index (χ0) is 19.9. The smallest absolute Gasteiger partial charge is 0.204 e. The SMILES string of the molecule is CCOc1ccc(-c2nnn(CC(O)COc3ccccc3C(C)C)n2)cc1. The Bertz CT molecular complexity index is 877. The van der Waals surface area contributed by atoms with Crippen molar-refractivity contribution in [2.24, 2.45) is 0 Å². The average Bonchev–Trinajstić information content (AvgIpc) is 3.16. The Labute approximate surface area is 164 Å². The quantitative estimate of drug-likeness (QED) is 0.611. The monoisotopic (exact) mass is 382 g/mol. The summed E-state index contributed by atoms with van der Waals surface area (Å²) >= 11 is 0. The van der Waals surface area contributed by atoms with E-state index in [2.05, 4.69) is 29.3 Å². The minimum Gasteiger partial charge on any atom is -0.494 e. The fraction of sp³-hybridized carbons (Fsp3) is 0.381. The normalized spacial score (nSPS) is 12.2. The van der Waals surface area contributed by atoms with E-state index in [9.17, 15) is 5.11 Å². The lowest BCUT2D eigenvalue weighted by atomic mass is 10.0. The lowest BCUT2D eigenvalue weighted by molar-refractivity contribution is 0.0844. The van der Waals surface area contributed by atoms with Gasteiger partial charge in [0.1, 0.15) is 24.2 Å². The van der Waals surface area contributed by atoms with Gasteiger partial charge in [-0.3, -0.25) is 0 Å². The van der Waals surface area contributed by atoms with Gasteiger partial charge >= 0.3 is 0 Å². The van der Waals surface area contributed by atoms with Crippen LogP contribution < -0.4 is 9.47 Å². The fourth-order valence-corrected chi connectivity index (χ4v) is 2.82. The van der Waals surface area contributed by atoms with Crippen molar-refractivity contribution >= 4 is 0 Å². The second kappa shape index (κ2) is 9.32. The molecule has 0 aliphatic carbocycles. The van der Waals surface area contributed by atoms with Crippen molar-refractivity contribution in [1.29, 1.82) is 0 Å². The van der Waals surface area contributed by atoms with E-state index in [1.165, 1.54) is 4.80 Å². The molecule has 0 aliphatic heterocycles. The predicted molar refractivity (Wildman–Crippen MR) is 106 cm³/mol. The van der Waals surface area contributed by atoms with Gasteiger partial charge < -0.3 is 14.6 Å². The zero-order valence-corrected chi connectivity index (χ0v) is 16.4. The lowest BCUT2D eigenvalue weighted by Gasteiger charge is -2.16. The number of tetrazole rings is 1. The van der Waals surface area contributed by atoms with Crippen LogP contribution in [-0.2, 0) is 6.54 Å². The number of nitrogens with zero attached hydrogens (tertiary/aromatic N) is 4. The second-order valence-corrected chi connectivity index (χ2v) is 6.78. The highest BCUT2D eigenvalue weighted by atomic mass is 16.5. The van der Waals surface area contributed by atoms with Crippen LogP contribution in [0.1, 0.15) is 32.3 Å². The molecule has 7 nitrogen and oxygen atoms in total. The maximum Gasteiger partial charge on any atom is 0.204 e. The molecule has 1 N–H and O–H groups in total. The summed E-state index contributed by atoms with van der Waals surface area (Å²) in [5.74, 6) is 2.44. The Balaban J connectivity index is 1.57. The van der Waals surface area contributed by atoms with Crippen molar-refractivity contribution in [2.75, 3.05) is 13.2 Å². The molecule has 0 amide bonds. The Kier molecular flexibility index (Phi) is 6.60. The molecule has 1 aromatic heterocycles. The van der Waals surface area contributed by atoms with Crippen molar-refractivity contribution in [3.8, 4) is 22.9 Å². The molecule has 1 heterocycles. The summed E-state index contributed by atoms with van der Waals surface area (Å²) in [4.78, 5) is 1.38. The number of aliphatic hydroxyl groups excluding tert-OH is 1. The highest BCUT2D eigenvalue weighted by Gasteiger charge is 2.13. The molecule has 2 aromatic carbocycles. The third kappa shape index (κ3) is 5.07. The van der Waals surface area contributed by atoms with E-state index >= 15 is 0 Å². The van der Waals surface area contributed by atoms with E-state index in [4.69, 9.17) is 9.47 Å². The maximum absolute atomic E-state index is 10.3. The van der Waals surface area contributed by atoms with Crippen LogP contribution >= 0.6 is 0 Å². The van der Waals surface area contributed by atoms with Crippen molar-refractivity contribution < 1.29 is 14.6 Å². The van der Waals surface area contributed by atoms with Crippen LogP contribution in [0.3, 0.4) is 0 Å². The van der Waals surface area contributed by atoms with Crippen LogP contribution in [0, 0.1) is 0 Å². The van der Waals surface area contributed by atoms with Crippen LogP contribution in [0.2, 0.25) is 0 Å². The molecule has 0 spiro atoms. The van der Waals surface area contributed by atoms with Crippen LogP contribution in [-0.4, -0.2) is 44.6 Å². The first-order valence-corrected chi connectivity index (χ1v) is 9.47. The van der Waals surface area contributed by atoms with Gasteiger partial charge in [-0.2, -0.15) is 4.80 Å². The Morgan fingerprint density at radius 3 is 2.50 bits per heavy atom. The molecule has 148 valence electrons. The van der Waals surface area contributed by atoms with E-state index in [1.54, 1.807) is 0 Å². The summed E-state index contributed by atoms with van der Waals surface area (Å²) < 4.78 is 11.2. The summed E-state index contributed by atoms with van der Waals surface area (Å²) in [6, 6.07) is 15.4. The van der Waals surface area contributed by atoms with Crippen LogP contribution in [0.15, 0.2) is 48.5 Å². The largest absolute Gasteiger partial charge is 0.494 e. The standard InChI is InChI=1S/C21H26N4O3/c1-4-27-18-11-9-16(10-12-18)21-22-24-25(23-21)13-17(26)14-28-20-8-6-5-7-19(20)15(2)3/h5-12,15,17,26H,4,13-14H2,1-3H3. The topological polar surface area (TPSA) is 82.3 Å². The average molecular weight is 382 g/mol. The molecule has 0 fully saturated rings. The molecule has 0 saturated carbocycles. The first-order valence-electron chi connectivity index (χ1n) is 9.47. The number of rotatable bonds is 9. The van der Waals surface area contributed by atoms with Crippen LogP contribution in [0.5, 0.6) is 11.5 Å². The van der Waals surface area contributed by atoms with Crippen molar-refractivity contribution in [2.45, 2.75) is 39.3 Å². The van der Waals surface area contributed by atoms with Gasteiger partial charge in [0, 0.05) is 5.56 Å². The molecule has 0 radical (unpaired) electrons. The molecule has 0 aliphatic rings. The molecule has 28 heavy (non-hydrogen) atoms. The second-order valence-electron chi connectivity index (χ2n) is 6.78. The molecular formula is C21H26N4O3. The number of hydrogen-bond donors (Lipinski definition) is 1. The summed E-state index contributed by atoms with van der Waals surface area (Å²) in [6.45, 7) is 7.14. The maximum atomic E-state index is 10.3. The summed E-state index contributed by atoms with van der Waals surface area (Å²) in [6.07, 6.45) is -0.748. The first-order chi connectivity index (χ1) is 13.6. The molecular weight excluding hydrogens is 356 g/mol. The molecule has 1 unspecified atom stereocenters. The fourth-order valence-electron chi connectivity index (χ4n) is 2.82. The molecule has 3 aromatic rings. The van der Waals surface area contributed by atoms with E-state index in [0.29, 0.717) is 18.3 Å². The van der Waals surface area contributed by atoms with E-state index < -0.39 is 6.10 Å². The van der Waals surface area contributed by atoms with E-state index in [1.807, 2.05) is 55.5 Å². The van der Waals surface area contributed by atoms with Gasteiger partial charge in [-0.25, -0.2) is 0 Å². The van der Waals surface area contributed by atoms with E-state index in [-0.39, 0.29) is 13.2 Å². The number of benzene rings is 2. The zero-order valence-electron chi connectivity index (χ0n) is 16.4.